The Balaban J connectivity index is 1.69. The number of nitro benzene ring substituents is 1. The van der Waals surface area contributed by atoms with Crippen LogP contribution in [0.5, 0.6) is 11.6 Å². The number of ether oxygens (including phenoxy) is 1. The van der Waals surface area contributed by atoms with Gasteiger partial charge in [-0.05, 0) is 67.3 Å². The number of benzene rings is 1. The Morgan fingerprint density at radius 3 is 2.00 bits per heavy atom. The minimum absolute atomic E-state index is 0.226. The monoisotopic (exact) mass is 429 g/mol. The van der Waals surface area contributed by atoms with Crippen LogP contribution in [0.1, 0.15) is 38.5 Å². The summed E-state index contributed by atoms with van der Waals surface area (Å²) in [6.45, 7) is 0. The molecule has 4 saturated carbocycles. The largest absolute Gasteiger partial charge is 0.472 e. The van der Waals surface area contributed by atoms with E-state index < -0.39 is 43.4 Å². The smallest absolute Gasteiger partial charge is 0.425 e. The van der Waals surface area contributed by atoms with Crippen molar-refractivity contribution in [3.8, 4) is 11.6 Å². The fraction of sp³-hybridized carbons (Fsp3) is 0.526. The van der Waals surface area contributed by atoms with Crippen molar-refractivity contribution in [1.82, 2.24) is 9.78 Å². The lowest BCUT2D eigenvalue weighted by Gasteiger charge is -2.55. The number of para-hydroxylation sites is 2. The third-order valence-electron chi connectivity index (χ3n) is 6.88. The number of hydrogen-bond donors (Lipinski definition) is 0. The van der Waals surface area contributed by atoms with Gasteiger partial charge >= 0.3 is 23.1 Å². The maximum Gasteiger partial charge on any atom is 0.472 e. The first-order valence-corrected chi connectivity index (χ1v) is 10.1. The summed E-state index contributed by atoms with van der Waals surface area (Å²) in [5.41, 5.74) is -1.89. The molecule has 1 aromatic carbocycles. The fourth-order valence-electron chi connectivity index (χ4n) is 6.20. The summed E-state index contributed by atoms with van der Waals surface area (Å²) in [7, 11) is 0. The zero-order chi connectivity index (χ0) is 21.9. The van der Waals surface area contributed by atoms with E-state index in [1.54, 1.807) is 0 Å². The van der Waals surface area contributed by atoms with Gasteiger partial charge in [-0.2, -0.15) is 0 Å². The molecule has 4 aliphatic carbocycles. The van der Waals surface area contributed by atoms with E-state index in [-0.39, 0.29) is 5.75 Å². The van der Waals surface area contributed by atoms with Crippen LogP contribution in [0.2, 0.25) is 0 Å². The molecule has 0 N–H and O–H groups in total. The summed E-state index contributed by atoms with van der Waals surface area (Å²) < 4.78 is 7.04. The Bertz CT molecular complexity index is 1080. The zero-order valence-corrected chi connectivity index (χ0v) is 16.4. The number of nitrogens with zero attached hydrogens (tertiary/aromatic N) is 5. The predicted octanol–water partition coefficient (Wildman–Crippen LogP) is 4.33. The Hall–Kier alpha value is -3.57. The van der Waals surface area contributed by atoms with Crippen LogP contribution in [0.4, 0.5) is 17.2 Å². The minimum Gasteiger partial charge on any atom is -0.425 e. The van der Waals surface area contributed by atoms with Crippen molar-refractivity contribution in [2.75, 3.05) is 0 Å². The van der Waals surface area contributed by atoms with E-state index in [1.165, 1.54) is 28.9 Å². The van der Waals surface area contributed by atoms with E-state index in [0.29, 0.717) is 37.0 Å². The normalized spacial score (nSPS) is 28.5. The molecule has 2 aromatic rings. The van der Waals surface area contributed by atoms with Gasteiger partial charge in [-0.3, -0.25) is 20.2 Å². The number of nitro groups is 3. The van der Waals surface area contributed by atoms with Gasteiger partial charge in [0.2, 0.25) is 5.75 Å². The van der Waals surface area contributed by atoms with E-state index in [4.69, 9.17) is 4.74 Å². The van der Waals surface area contributed by atoms with Crippen molar-refractivity contribution in [2.24, 2.45) is 17.8 Å². The lowest BCUT2D eigenvalue weighted by molar-refractivity contribution is -0.425. The molecule has 0 amide bonds. The summed E-state index contributed by atoms with van der Waals surface area (Å²) in [4.78, 5) is 32.4. The van der Waals surface area contributed by atoms with Gasteiger partial charge in [-0.25, -0.2) is 0 Å². The van der Waals surface area contributed by atoms with Crippen LogP contribution in [-0.2, 0) is 5.54 Å². The van der Waals surface area contributed by atoms with Crippen LogP contribution in [-0.4, -0.2) is 24.6 Å². The van der Waals surface area contributed by atoms with E-state index in [2.05, 4.69) is 5.10 Å². The molecule has 1 aromatic heterocycles. The highest BCUT2D eigenvalue weighted by Crippen LogP contribution is 2.60. The van der Waals surface area contributed by atoms with Crippen LogP contribution in [0.15, 0.2) is 24.3 Å². The highest BCUT2D eigenvalue weighted by atomic mass is 16.6. The first kappa shape index (κ1) is 19.4. The first-order chi connectivity index (χ1) is 14.8. The summed E-state index contributed by atoms with van der Waals surface area (Å²) in [6.07, 6.45) is 5.40. The number of hydrogen-bond acceptors (Lipinski definition) is 8. The van der Waals surface area contributed by atoms with Crippen molar-refractivity contribution >= 4 is 17.2 Å². The molecule has 4 aliphatic rings. The molecule has 12 heteroatoms. The summed E-state index contributed by atoms with van der Waals surface area (Å²) in [5, 5.41) is 38.9. The van der Waals surface area contributed by atoms with E-state index in [1.807, 2.05) is 0 Å². The molecule has 0 radical (unpaired) electrons. The van der Waals surface area contributed by atoms with E-state index >= 15 is 0 Å². The SMILES string of the molecule is O=[N+]([O-])c1ccccc1Oc1c([N+](=O)[O-])c([N+](=O)[O-])nn1C12CC3CC(CC(C3)C1)C2. The van der Waals surface area contributed by atoms with Crippen LogP contribution in [0.3, 0.4) is 0 Å². The highest BCUT2D eigenvalue weighted by Gasteiger charge is 2.57. The standard InChI is InChI=1S/C19H19N5O7/c25-22(26)14-3-1-2-4-15(14)31-18-16(23(27)28)17(24(29)30)20-21(18)19-8-11-5-12(9-19)7-13(6-11)10-19/h1-4,11-13H,5-10H2. The molecule has 31 heavy (non-hydrogen) atoms. The van der Waals surface area contributed by atoms with Gasteiger partial charge in [-0.1, -0.05) is 12.1 Å². The topological polar surface area (TPSA) is 156 Å². The van der Waals surface area contributed by atoms with Gasteiger partial charge in [0, 0.05) is 6.07 Å². The second-order valence-electron chi connectivity index (χ2n) is 8.87. The van der Waals surface area contributed by atoms with Crippen LogP contribution in [0.25, 0.3) is 0 Å². The maximum absolute atomic E-state index is 11.8. The molecule has 4 bridgehead atoms. The van der Waals surface area contributed by atoms with Crippen molar-refractivity contribution in [2.45, 2.75) is 44.1 Å². The van der Waals surface area contributed by atoms with Gasteiger partial charge in [0.15, 0.2) is 0 Å². The quantitative estimate of drug-likeness (QED) is 0.485. The van der Waals surface area contributed by atoms with Crippen molar-refractivity contribution < 1.29 is 19.5 Å². The Morgan fingerprint density at radius 1 is 0.903 bits per heavy atom. The van der Waals surface area contributed by atoms with Crippen molar-refractivity contribution in [1.29, 1.82) is 0 Å². The number of rotatable bonds is 6. The highest BCUT2D eigenvalue weighted by molar-refractivity contribution is 5.59. The predicted molar refractivity (Wildman–Crippen MR) is 105 cm³/mol. The lowest BCUT2D eigenvalue weighted by atomic mass is 9.53. The number of aromatic nitrogens is 2. The minimum atomic E-state index is -0.908. The molecule has 4 fully saturated rings. The zero-order valence-electron chi connectivity index (χ0n) is 16.4. The average Bonchev–Trinajstić information content (AvgIpc) is 3.08. The van der Waals surface area contributed by atoms with Crippen LogP contribution < -0.4 is 4.74 Å². The molecule has 1 heterocycles. The fourth-order valence-corrected chi connectivity index (χ4v) is 6.20. The maximum atomic E-state index is 11.8. The molecule has 0 saturated heterocycles. The molecule has 0 atom stereocenters. The Kier molecular flexibility index (Phi) is 4.21. The van der Waals surface area contributed by atoms with E-state index in [0.717, 1.165) is 19.3 Å². The van der Waals surface area contributed by atoms with Crippen LogP contribution in [0, 0.1) is 48.1 Å². The van der Waals surface area contributed by atoms with E-state index in [9.17, 15) is 30.3 Å². The molecule has 0 unspecified atom stereocenters. The summed E-state index contributed by atoms with van der Waals surface area (Å²) in [6, 6.07) is 5.46. The van der Waals surface area contributed by atoms with Crippen molar-refractivity contribution in [3.63, 3.8) is 0 Å². The van der Waals surface area contributed by atoms with Crippen molar-refractivity contribution in [3.05, 3.63) is 54.6 Å². The summed E-state index contributed by atoms with van der Waals surface area (Å²) in [5.74, 6) is -0.230. The lowest BCUT2D eigenvalue weighted by Crippen LogP contribution is -2.52. The van der Waals surface area contributed by atoms with Gasteiger partial charge in [-0.15, -0.1) is 4.68 Å². The first-order valence-electron chi connectivity index (χ1n) is 10.1. The second-order valence-corrected chi connectivity index (χ2v) is 8.87. The second kappa shape index (κ2) is 6.72. The molecule has 12 nitrogen and oxygen atoms in total. The molecule has 0 spiro atoms. The summed E-state index contributed by atoms with van der Waals surface area (Å²) >= 11 is 0. The Labute approximate surface area is 175 Å². The van der Waals surface area contributed by atoms with Gasteiger partial charge in [0.05, 0.1) is 20.5 Å². The van der Waals surface area contributed by atoms with Gasteiger partial charge < -0.3 is 14.9 Å². The molecular weight excluding hydrogens is 410 g/mol. The van der Waals surface area contributed by atoms with Gasteiger partial charge in [0.1, 0.15) is 0 Å². The van der Waals surface area contributed by atoms with Gasteiger partial charge in [0.25, 0.3) is 0 Å². The third-order valence-corrected chi connectivity index (χ3v) is 6.88. The average molecular weight is 429 g/mol. The molecule has 162 valence electrons. The van der Waals surface area contributed by atoms with Crippen LogP contribution >= 0.6 is 0 Å². The molecular formula is C19H19N5O7. The third kappa shape index (κ3) is 3.01. The Morgan fingerprint density at radius 2 is 1.48 bits per heavy atom. The molecule has 0 aliphatic heterocycles. The molecule has 6 rings (SSSR count).